The van der Waals surface area contributed by atoms with Gasteiger partial charge in [0.2, 0.25) is 5.91 Å². The van der Waals surface area contributed by atoms with Gasteiger partial charge in [0, 0.05) is 5.69 Å². The van der Waals surface area contributed by atoms with Crippen LogP contribution in [-0.4, -0.2) is 12.5 Å². The molecule has 0 aliphatic rings. The van der Waals surface area contributed by atoms with Crippen molar-refractivity contribution in [3.05, 3.63) is 59.2 Å². The molecule has 128 valence electrons. The van der Waals surface area contributed by atoms with Crippen LogP contribution in [0.4, 0.5) is 5.69 Å². The number of aryl methyl sites for hydroxylation is 2. The SMILES string of the molecule is Cc1ccc(NC(=O)CCOc2ccc(C(C)(C)C)cc2)cc1C. The van der Waals surface area contributed by atoms with Gasteiger partial charge in [-0.15, -0.1) is 0 Å². The first kappa shape index (κ1) is 18.1. The third-order valence-corrected chi connectivity index (χ3v) is 4.11. The summed E-state index contributed by atoms with van der Waals surface area (Å²) in [5, 5.41) is 2.91. The summed E-state index contributed by atoms with van der Waals surface area (Å²) in [5.74, 6) is 0.756. The highest BCUT2D eigenvalue weighted by Gasteiger charge is 2.13. The maximum absolute atomic E-state index is 12.0. The predicted molar refractivity (Wildman–Crippen MR) is 99.8 cm³/mol. The quantitative estimate of drug-likeness (QED) is 0.839. The van der Waals surface area contributed by atoms with Gasteiger partial charge >= 0.3 is 0 Å². The summed E-state index contributed by atoms with van der Waals surface area (Å²) in [6, 6.07) is 14.0. The molecule has 3 heteroatoms. The maximum Gasteiger partial charge on any atom is 0.227 e. The van der Waals surface area contributed by atoms with Gasteiger partial charge in [-0.1, -0.05) is 39.0 Å². The Morgan fingerprint density at radius 2 is 1.67 bits per heavy atom. The summed E-state index contributed by atoms with van der Waals surface area (Å²) in [6.07, 6.45) is 0.327. The van der Waals surface area contributed by atoms with E-state index in [1.807, 2.05) is 37.3 Å². The maximum atomic E-state index is 12.0. The van der Waals surface area contributed by atoms with E-state index in [2.05, 4.69) is 45.1 Å². The Balaban J connectivity index is 1.81. The summed E-state index contributed by atoms with van der Waals surface area (Å²) in [6.45, 7) is 11.0. The average molecular weight is 325 g/mol. The highest BCUT2D eigenvalue weighted by Crippen LogP contribution is 2.24. The Bertz CT molecular complexity index is 697. The lowest BCUT2D eigenvalue weighted by Crippen LogP contribution is -2.15. The molecule has 2 aromatic rings. The Kier molecular flexibility index (Phi) is 5.66. The Labute approximate surface area is 145 Å². The fraction of sp³-hybridized carbons (Fsp3) is 0.381. The van der Waals surface area contributed by atoms with Crippen molar-refractivity contribution in [1.29, 1.82) is 0 Å². The number of rotatable bonds is 5. The van der Waals surface area contributed by atoms with Crippen molar-refractivity contribution in [2.45, 2.75) is 46.5 Å². The smallest absolute Gasteiger partial charge is 0.227 e. The van der Waals surface area contributed by atoms with Crippen molar-refractivity contribution in [3.8, 4) is 5.75 Å². The lowest BCUT2D eigenvalue weighted by molar-refractivity contribution is -0.116. The van der Waals surface area contributed by atoms with Crippen LogP contribution in [0, 0.1) is 13.8 Å². The van der Waals surface area contributed by atoms with Gasteiger partial charge in [-0.2, -0.15) is 0 Å². The Hall–Kier alpha value is -2.29. The van der Waals surface area contributed by atoms with Crippen LogP contribution in [0.2, 0.25) is 0 Å². The molecule has 0 saturated carbocycles. The van der Waals surface area contributed by atoms with E-state index in [9.17, 15) is 4.79 Å². The zero-order valence-corrected chi connectivity index (χ0v) is 15.3. The highest BCUT2D eigenvalue weighted by atomic mass is 16.5. The number of carbonyl (C=O) groups is 1. The average Bonchev–Trinajstić information content (AvgIpc) is 2.50. The molecule has 0 aliphatic carbocycles. The minimum Gasteiger partial charge on any atom is -0.493 e. The lowest BCUT2D eigenvalue weighted by Gasteiger charge is -2.19. The minimum absolute atomic E-state index is 0.0374. The van der Waals surface area contributed by atoms with Crippen LogP contribution in [-0.2, 0) is 10.2 Å². The number of carbonyl (C=O) groups excluding carboxylic acids is 1. The fourth-order valence-electron chi connectivity index (χ4n) is 2.36. The first-order valence-electron chi connectivity index (χ1n) is 8.36. The number of ether oxygens (including phenoxy) is 1. The molecule has 1 N–H and O–H groups in total. The number of amides is 1. The van der Waals surface area contributed by atoms with E-state index in [1.54, 1.807) is 0 Å². The molecule has 0 fully saturated rings. The van der Waals surface area contributed by atoms with Gasteiger partial charge in [0.25, 0.3) is 0 Å². The van der Waals surface area contributed by atoms with E-state index in [4.69, 9.17) is 4.74 Å². The van der Waals surface area contributed by atoms with Crippen molar-refractivity contribution in [1.82, 2.24) is 0 Å². The van der Waals surface area contributed by atoms with Gasteiger partial charge in [0.1, 0.15) is 5.75 Å². The van der Waals surface area contributed by atoms with Crippen LogP contribution < -0.4 is 10.1 Å². The molecule has 24 heavy (non-hydrogen) atoms. The van der Waals surface area contributed by atoms with Crippen LogP contribution in [0.3, 0.4) is 0 Å². The molecule has 0 radical (unpaired) electrons. The minimum atomic E-state index is -0.0374. The molecule has 0 aromatic heterocycles. The monoisotopic (exact) mass is 325 g/mol. The van der Waals surface area contributed by atoms with E-state index in [0.29, 0.717) is 13.0 Å². The molecular formula is C21H27NO2. The standard InChI is InChI=1S/C21H27NO2/c1-15-6-9-18(14-16(15)2)22-20(23)12-13-24-19-10-7-17(8-11-19)21(3,4)5/h6-11,14H,12-13H2,1-5H3,(H,22,23). The number of nitrogens with one attached hydrogen (secondary N) is 1. The van der Waals surface area contributed by atoms with Crippen molar-refractivity contribution in [3.63, 3.8) is 0 Å². The van der Waals surface area contributed by atoms with Gasteiger partial charge in [-0.05, 0) is 60.2 Å². The van der Waals surface area contributed by atoms with E-state index >= 15 is 0 Å². The summed E-state index contributed by atoms with van der Waals surface area (Å²) >= 11 is 0. The van der Waals surface area contributed by atoms with Crippen LogP contribution in [0.15, 0.2) is 42.5 Å². The van der Waals surface area contributed by atoms with Crippen LogP contribution in [0.5, 0.6) is 5.75 Å². The van der Waals surface area contributed by atoms with Crippen molar-refractivity contribution in [2.75, 3.05) is 11.9 Å². The number of benzene rings is 2. The van der Waals surface area contributed by atoms with Crippen molar-refractivity contribution >= 4 is 11.6 Å². The molecule has 0 spiro atoms. The number of hydrogen-bond donors (Lipinski definition) is 1. The van der Waals surface area contributed by atoms with Gasteiger partial charge in [-0.3, -0.25) is 4.79 Å². The molecule has 0 bridgehead atoms. The summed E-state index contributed by atoms with van der Waals surface area (Å²) in [7, 11) is 0. The van der Waals surface area contributed by atoms with E-state index in [0.717, 1.165) is 11.4 Å². The normalized spacial score (nSPS) is 11.2. The predicted octanol–water partition coefficient (Wildman–Crippen LogP) is 5.01. The zero-order chi connectivity index (χ0) is 17.7. The molecule has 0 saturated heterocycles. The Morgan fingerprint density at radius 3 is 2.25 bits per heavy atom. The highest BCUT2D eigenvalue weighted by molar-refractivity contribution is 5.90. The van der Waals surface area contributed by atoms with Crippen molar-refractivity contribution in [2.24, 2.45) is 0 Å². The van der Waals surface area contributed by atoms with Gasteiger partial charge in [-0.25, -0.2) is 0 Å². The third kappa shape index (κ3) is 5.12. The van der Waals surface area contributed by atoms with Crippen molar-refractivity contribution < 1.29 is 9.53 Å². The largest absolute Gasteiger partial charge is 0.493 e. The summed E-state index contributed by atoms with van der Waals surface area (Å²) < 4.78 is 5.66. The van der Waals surface area contributed by atoms with E-state index < -0.39 is 0 Å². The second kappa shape index (κ2) is 7.52. The van der Waals surface area contributed by atoms with Gasteiger partial charge < -0.3 is 10.1 Å². The van der Waals surface area contributed by atoms with E-state index in [-0.39, 0.29) is 11.3 Å². The third-order valence-electron chi connectivity index (χ3n) is 4.11. The first-order chi connectivity index (χ1) is 11.3. The van der Waals surface area contributed by atoms with Gasteiger partial charge in [0.05, 0.1) is 13.0 Å². The molecule has 1 amide bonds. The molecule has 0 heterocycles. The lowest BCUT2D eigenvalue weighted by atomic mass is 9.87. The second-order valence-corrected chi connectivity index (χ2v) is 7.22. The summed E-state index contributed by atoms with van der Waals surface area (Å²) in [5.41, 5.74) is 4.61. The molecule has 2 rings (SSSR count). The molecule has 0 aliphatic heterocycles. The first-order valence-corrected chi connectivity index (χ1v) is 8.36. The Morgan fingerprint density at radius 1 is 1.00 bits per heavy atom. The number of anilines is 1. The fourth-order valence-corrected chi connectivity index (χ4v) is 2.36. The van der Waals surface area contributed by atoms with Crippen LogP contribution in [0.25, 0.3) is 0 Å². The van der Waals surface area contributed by atoms with Gasteiger partial charge in [0.15, 0.2) is 0 Å². The zero-order valence-electron chi connectivity index (χ0n) is 15.3. The van der Waals surface area contributed by atoms with Crippen LogP contribution >= 0.6 is 0 Å². The molecule has 2 aromatic carbocycles. The molecule has 0 atom stereocenters. The number of hydrogen-bond acceptors (Lipinski definition) is 2. The topological polar surface area (TPSA) is 38.3 Å². The molecule has 0 unspecified atom stereocenters. The van der Waals surface area contributed by atoms with E-state index in [1.165, 1.54) is 16.7 Å². The molecule has 3 nitrogen and oxygen atoms in total. The summed E-state index contributed by atoms with van der Waals surface area (Å²) in [4.78, 5) is 12.0. The second-order valence-electron chi connectivity index (χ2n) is 7.22. The van der Waals surface area contributed by atoms with Crippen LogP contribution in [0.1, 0.15) is 43.9 Å². The molecular weight excluding hydrogens is 298 g/mol.